The third-order valence-corrected chi connectivity index (χ3v) is 0.348. The van der Waals surface area contributed by atoms with Crippen LogP contribution in [0, 0.1) is 11.3 Å². The Morgan fingerprint density at radius 3 is 1.91 bits per heavy atom. The predicted octanol–water partition coefficient (Wildman–Crippen LogP) is 0.437. The van der Waals surface area contributed by atoms with Crippen LogP contribution < -0.4 is 6.15 Å². The van der Waals surface area contributed by atoms with E-state index in [4.69, 9.17) is 5.26 Å². The van der Waals surface area contributed by atoms with Crippen molar-refractivity contribution < 1.29 is 15.0 Å². The highest BCUT2D eigenvalue weighted by molar-refractivity contribution is 5.65. The number of nitriles is 1. The van der Waals surface area contributed by atoms with E-state index in [0.717, 1.165) is 0 Å². The molecule has 0 aromatic heterocycles. The summed E-state index contributed by atoms with van der Waals surface area (Å²) in [7, 11) is 0. The van der Waals surface area contributed by atoms with Crippen LogP contribution in [0.3, 0.4) is 0 Å². The standard InChI is InChI=1S/C4H8O2.C2H3N.H3N.H2O/c1-3-6-4(2)5;1-2-3;;/h3H2,1-2H3;1H3;1H3;1H2. The Bertz CT molecular complexity index is 109. The third kappa shape index (κ3) is 119. The van der Waals surface area contributed by atoms with Crippen molar-refractivity contribution in [2.45, 2.75) is 20.8 Å². The van der Waals surface area contributed by atoms with Gasteiger partial charge in [0.05, 0.1) is 12.7 Å². The molecule has 0 radical (unpaired) electrons. The summed E-state index contributed by atoms with van der Waals surface area (Å²) in [6.45, 7) is 5.08. The number of esters is 1. The molecule has 68 valence electrons. The fraction of sp³-hybridized carbons (Fsp3) is 0.667. The Morgan fingerprint density at radius 2 is 1.91 bits per heavy atom. The minimum atomic E-state index is -0.211. The molecule has 0 saturated heterocycles. The lowest BCUT2D eigenvalue weighted by molar-refractivity contribution is -0.140. The van der Waals surface area contributed by atoms with Crippen molar-refractivity contribution >= 4 is 5.97 Å². The van der Waals surface area contributed by atoms with Crippen LogP contribution in [0.15, 0.2) is 0 Å². The maximum Gasteiger partial charge on any atom is 0.302 e. The van der Waals surface area contributed by atoms with Crippen LogP contribution in [0.25, 0.3) is 0 Å². The van der Waals surface area contributed by atoms with E-state index in [2.05, 4.69) is 4.74 Å². The molecule has 0 aliphatic rings. The molecule has 0 heterocycles. The molecule has 0 unspecified atom stereocenters. The van der Waals surface area contributed by atoms with Gasteiger partial charge in [0.25, 0.3) is 0 Å². The minimum Gasteiger partial charge on any atom is -0.466 e. The first-order valence-corrected chi connectivity index (χ1v) is 2.63. The maximum absolute atomic E-state index is 9.82. The fourth-order valence-corrected chi connectivity index (χ4v) is 0.203. The van der Waals surface area contributed by atoms with Crippen LogP contribution in [-0.2, 0) is 9.53 Å². The lowest BCUT2D eigenvalue weighted by atomic mass is 10.8. The largest absolute Gasteiger partial charge is 0.466 e. The number of nitrogens with zero attached hydrogens (tertiary/aromatic N) is 1. The van der Waals surface area contributed by atoms with Gasteiger partial charge in [-0.25, -0.2) is 0 Å². The van der Waals surface area contributed by atoms with Gasteiger partial charge in [0, 0.05) is 13.8 Å². The molecule has 0 bridgehead atoms. The van der Waals surface area contributed by atoms with E-state index in [1.807, 2.05) is 0 Å². The molecule has 11 heavy (non-hydrogen) atoms. The molecule has 0 atom stereocenters. The first kappa shape index (κ1) is 22.5. The van der Waals surface area contributed by atoms with Gasteiger partial charge in [-0.1, -0.05) is 0 Å². The summed E-state index contributed by atoms with van der Waals surface area (Å²) in [6.07, 6.45) is 0. The first-order chi connectivity index (χ1) is 4.18. The summed E-state index contributed by atoms with van der Waals surface area (Å²) in [5, 5.41) is 7.32. The molecule has 5 nitrogen and oxygen atoms in total. The van der Waals surface area contributed by atoms with E-state index < -0.39 is 0 Å². The van der Waals surface area contributed by atoms with Gasteiger partial charge in [0.1, 0.15) is 0 Å². The number of ether oxygens (including phenoxy) is 1. The molecule has 0 aromatic carbocycles. The molecule has 5 heteroatoms. The van der Waals surface area contributed by atoms with E-state index in [-0.39, 0.29) is 17.6 Å². The zero-order chi connectivity index (χ0) is 7.70. The van der Waals surface area contributed by atoms with E-state index in [0.29, 0.717) is 6.61 Å². The Kier molecular flexibility index (Phi) is 47.4. The molecule has 0 saturated carbocycles. The second-order valence-corrected chi connectivity index (χ2v) is 1.15. The number of carbonyl (C=O) groups excluding carboxylic acids is 1. The Labute approximate surface area is 66.9 Å². The molecule has 0 fully saturated rings. The SMILES string of the molecule is CC#N.CCOC(C)=O.N.O. The summed E-state index contributed by atoms with van der Waals surface area (Å²) < 4.78 is 4.40. The van der Waals surface area contributed by atoms with E-state index >= 15 is 0 Å². The van der Waals surface area contributed by atoms with E-state index in [9.17, 15) is 4.79 Å². The number of carbonyl (C=O) groups is 1. The minimum absolute atomic E-state index is 0. The summed E-state index contributed by atoms with van der Waals surface area (Å²) in [4.78, 5) is 9.82. The average Bonchev–Trinajstić information content (AvgIpc) is 1.67. The quantitative estimate of drug-likeness (QED) is 0.565. The van der Waals surface area contributed by atoms with Crippen molar-refractivity contribution in [1.82, 2.24) is 6.15 Å². The number of hydrogen-bond acceptors (Lipinski definition) is 4. The van der Waals surface area contributed by atoms with Gasteiger partial charge in [0.15, 0.2) is 0 Å². The van der Waals surface area contributed by atoms with Gasteiger partial charge >= 0.3 is 5.97 Å². The lowest BCUT2D eigenvalue weighted by Gasteiger charge is -1.89. The van der Waals surface area contributed by atoms with Crippen LogP contribution in [0.4, 0.5) is 0 Å². The van der Waals surface area contributed by atoms with Crippen molar-refractivity contribution in [2.24, 2.45) is 0 Å². The van der Waals surface area contributed by atoms with Crippen molar-refractivity contribution in [3.05, 3.63) is 0 Å². The summed E-state index contributed by atoms with van der Waals surface area (Å²) in [6, 6.07) is 1.75. The summed E-state index contributed by atoms with van der Waals surface area (Å²) in [5.74, 6) is -0.211. The Hall–Kier alpha value is -1.12. The molecule has 0 amide bonds. The molecular weight excluding hydrogens is 148 g/mol. The summed E-state index contributed by atoms with van der Waals surface area (Å²) >= 11 is 0. The van der Waals surface area contributed by atoms with Crippen molar-refractivity contribution in [3.8, 4) is 6.07 Å². The van der Waals surface area contributed by atoms with E-state index in [1.165, 1.54) is 13.8 Å². The second kappa shape index (κ2) is 23.2. The van der Waals surface area contributed by atoms with Crippen molar-refractivity contribution in [3.63, 3.8) is 0 Å². The monoisotopic (exact) mass is 164 g/mol. The van der Waals surface area contributed by atoms with Crippen LogP contribution in [0.2, 0.25) is 0 Å². The first-order valence-electron chi connectivity index (χ1n) is 2.63. The normalized spacial score (nSPS) is 4.91. The number of rotatable bonds is 1. The highest BCUT2D eigenvalue weighted by atomic mass is 16.5. The Morgan fingerprint density at radius 1 is 1.64 bits per heavy atom. The van der Waals surface area contributed by atoms with Gasteiger partial charge < -0.3 is 16.4 Å². The maximum atomic E-state index is 9.82. The molecule has 0 aliphatic heterocycles. The fourth-order valence-electron chi connectivity index (χ4n) is 0.203. The smallest absolute Gasteiger partial charge is 0.302 e. The van der Waals surface area contributed by atoms with Gasteiger partial charge in [-0.05, 0) is 6.92 Å². The van der Waals surface area contributed by atoms with Crippen molar-refractivity contribution in [1.29, 1.82) is 5.26 Å². The van der Waals surface area contributed by atoms with Crippen LogP contribution >= 0.6 is 0 Å². The van der Waals surface area contributed by atoms with Crippen LogP contribution in [-0.4, -0.2) is 18.1 Å². The summed E-state index contributed by atoms with van der Waals surface area (Å²) in [5.41, 5.74) is 0. The molecule has 0 spiro atoms. The van der Waals surface area contributed by atoms with Gasteiger partial charge in [0.2, 0.25) is 0 Å². The molecule has 0 rings (SSSR count). The van der Waals surface area contributed by atoms with Gasteiger partial charge in [-0.3, -0.25) is 4.79 Å². The number of hydrogen-bond donors (Lipinski definition) is 1. The predicted molar refractivity (Wildman–Crippen MR) is 42.2 cm³/mol. The molecule has 5 N–H and O–H groups in total. The zero-order valence-electron chi connectivity index (χ0n) is 7.18. The molecule has 0 aromatic rings. The van der Waals surface area contributed by atoms with Crippen LogP contribution in [0.5, 0.6) is 0 Å². The topological polar surface area (TPSA) is 117 Å². The van der Waals surface area contributed by atoms with Crippen molar-refractivity contribution in [2.75, 3.05) is 6.61 Å². The molecular formula is C6H16N2O3. The highest BCUT2D eigenvalue weighted by Crippen LogP contribution is 1.69. The lowest BCUT2D eigenvalue weighted by Crippen LogP contribution is -1.95. The van der Waals surface area contributed by atoms with E-state index in [1.54, 1.807) is 13.0 Å². The van der Waals surface area contributed by atoms with Gasteiger partial charge in [-0.15, -0.1) is 0 Å². The zero-order valence-corrected chi connectivity index (χ0v) is 7.18. The highest BCUT2D eigenvalue weighted by Gasteiger charge is 1.81. The van der Waals surface area contributed by atoms with Crippen LogP contribution in [0.1, 0.15) is 20.8 Å². The third-order valence-electron chi connectivity index (χ3n) is 0.348. The van der Waals surface area contributed by atoms with Gasteiger partial charge in [-0.2, -0.15) is 5.26 Å². The molecule has 0 aliphatic carbocycles. The second-order valence-electron chi connectivity index (χ2n) is 1.15. The Balaban J connectivity index is -0.0000000437. The average molecular weight is 164 g/mol.